The summed E-state index contributed by atoms with van der Waals surface area (Å²) in [6, 6.07) is 7.03. The maximum atomic E-state index is 14.1. The Labute approximate surface area is 266 Å². The van der Waals surface area contributed by atoms with Crippen LogP contribution in [0, 0.1) is 6.92 Å². The maximum absolute atomic E-state index is 14.1. The molecule has 0 aromatic heterocycles. The normalized spacial score (nSPS) is 13.0. The Hall–Kier alpha value is -1.23. The van der Waals surface area contributed by atoms with Gasteiger partial charge in [-0.25, -0.2) is 0 Å². The van der Waals surface area contributed by atoms with Crippen LogP contribution in [0.3, 0.4) is 0 Å². The van der Waals surface area contributed by atoms with Crippen molar-refractivity contribution in [2.45, 2.75) is 148 Å². The first-order valence-electron chi connectivity index (χ1n) is 17.5. The molecule has 43 heavy (non-hydrogen) atoms. The molecule has 0 aliphatic rings. The van der Waals surface area contributed by atoms with Crippen LogP contribution in [0.2, 0.25) is 0 Å². The first kappa shape index (κ1) is 39.8. The van der Waals surface area contributed by atoms with Crippen molar-refractivity contribution in [2.24, 2.45) is 0 Å². The zero-order chi connectivity index (χ0) is 31.9. The molecule has 0 saturated carbocycles. The Morgan fingerprint density at radius 3 is 1.47 bits per heavy atom. The van der Waals surface area contributed by atoms with E-state index in [0.717, 1.165) is 81.8 Å². The molecule has 0 saturated heterocycles. The van der Waals surface area contributed by atoms with Gasteiger partial charge in [0, 0.05) is 0 Å². The number of unbranched alkanes of at least 4 members (excludes halogenated alkanes) is 15. The van der Waals surface area contributed by atoms with Gasteiger partial charge in [-0.1, -0.05) is 0 Å². The number of hydrogen-bond donors (Lipinski definition) is 0. The third kappa shape index (κ3) is 16.1. The van der Waals surface area contributed by atoms with E-state index in [4.69, 9.17) is 8.71 Å². The number of carbonyl (C=O) groups is 1. The molecule has 0 bridgehead atoms. The second-order valence-electron chi connectivity index (χ2n) is 12.8. The van der Waals surface area contributed by atoms with Crippen LogP contribution in [0.15, 0.2) is 41.8 Å². The summed E-state index contributed by atoms with van der Waals surface area (Å²) >= 11 is 0. The van der Waals surface area contributed by atoms with Crippen molar-refractivity contribution >= 4 is 22.9 Å². The topological polar surface area (TPSA) is 69.7 Å². The van der Waals surface area contributed by atoms with Crippen LogP contribution in [0.25, 0.3) is 0 Å². The molecule has 0 fully saturated rings. The van der Waals surface area contributed by atoms with Gasteiger partial charge >= 0.3 is 267 Å². The van der Waals surface area contributed by atoms with Gasteiger partial charge in [-0.05, 0) is 0 Å². The van der Waals surface area contributed by atoms with E-state index in [0.29, 0.717) is 6.16 Å². The molecule has 0 spiro atoms. The van der Waals surface area contributed by atoms with Crippen molar-refractivity contribution in [1.82, 2.24) is 0 Å². The fourth-order valence-electron chi connectivity index (χ4n) is 6.16. The Kier molecular flexibility index (Phi) is 20.6. The average Bonchev–Trinajstić information content (AvgIpc) is 2.98. The quantitative estimate of drug-likeness (QED) is 0.0394. The summed E-state index contributed by atoms with van der Waals surface area (Å²) in [7, 11) is -4.01. The second-order valence-corrected chi connectivity index (χ2v) is 20.2. The second kappa shape index (κ2) is 22.3. The SMILES string of the molecule is C=CC(=O)OCCP(CCCCCCCC)(CCCCCCCC)(CCCCCCCC)OS(=O)(=O)c1ccc(C)cc1. The zero-order valence-electron chi connectivity index (χ0n) is 28.3. The van der Waals surface area contributed by atoms with E-state index < -0.39 is 22.9 Å². The van der Waals surface area contributed by atoms with Crippen LogP contribution >= 0.6 is 6.83 Å². The zero-order valence-corrected chi connectivity index (χ0v) is 30.0. The van der Waals surface area contributed by atoms with Crippen LogP contribution in [0.5, 0.6) is 0 Å². The third-order valence-electron chi connectivity index (χ3n) is 8.92. The van der Waals surface area contributed by atoms with Crippen LogP contribution in [0.1, 0.15) is 142 Å². The molecule has 0 amide bonds. The number of ether oxygens (including phenoxy) is 1. The van der Waals surface area contributed by atoms with E-state index in [-0.39, 0.29) is 11.5 Å². The van der Waals surface area contributed by atoms with Crippen molar-refractivity contribution in [3.05, 3.63) is 42.5 Å². The van der Waals surface area contributed by atoms with Crippen LogP contribution < -0.4 is 0 Å². The van der Waals surface area contributed by atoms with Gasteiger partial charge in [-0.2, -0.15) is 0 Å². The molecular formula is C36H65O5PS. The first-order chi connectivity index (χ1) is 20.7. The van der Waals surface area contributed by atoms with Crippen molar-refractivity contribution in [3.63, 3.8) is 0 Å². The summed E-state index contributed by atoms with van der Waals surface area (Å²) in [4.78, 5) is 12.4. The van der Waals surface area contributed by atoms with E-state index >= 15 is 0 Å². The fourth-order valence-corrected chi connectivity index (χ4v) is 15.3. The van der Waals surface area contributed by atoms with E-state index in [1.165, 1.54) is 63.9 Å². The fraction of sp³-hybridized carbons (Fsp3) is 0.750. The molecule has 1 rings (SSSR count). The predicted octanol–water partition coefficient (Wildman–Crippen LogP) is 11.0. The van der Waals surface area contributed by atoms with Gasteiger partial charge in [0.05, 0.1) is 0 Å². The Bertz CT molecular complexity index is 946. The van der Waals surface area contributed by atoms with Crippen molar-refractivity contribution in [3.8, 4) is 0 Å². The molecule has 7 heteroatoms. The van der Waals surface area contributed by atoms with E-state index in [2.05, 4.69) is 27.4 Å². The van der Waals surface area contributed by atoms with Gasteiger partial charge < -0.3 is 0 Å². The minimum absolute atomic E-state index is 0.174. The third-order valence-corrected chi connectivity index (χ3v) is 17.9. The summed E-state index contributed by atoms with van der Waals surface area (Å²) in [6.45, 7) is 8.99. The number of rotatable bonds is 28. The molecule has 1 aromatic rings. The summed E-state index contributed by atoms with van der Waals surface area (Å²) in [5.74, 6) is -0.461. The number of carbonyl (C=O) groups excluding carboxylic acids is 1. The van der Waals surface area contributed by atoms with Crippen LogP contribution in [-0.2, 0) is 23.6 Å². The van der Waals surface area contributed by atoms with Crippen molar-refractivity contribution in [2.75, 3.05) is 31.3 Å². The molecule has 1 aromatic carbocycles. The van der Waals surface area contributed by atoms with Crippen molar-refractivity contribution in [1.29, 1.82) is 0 Å². The molecule has 5 nitrogen and oxygen atoms in total. The standard InChI is InChI=1S/C36H65O5PS/c1-6-10-13-16-19-22-30-42(33-29-40-36(37)9-4,31-23-20-17-14-11-7-2,32-24-21-18-15-12-8-3)41-43(38,39)35-27-25-34(5)26-28-35/h9,25-28H,4,6-8,10-24,29-33H2,1-3,5H3. The van der Waals surface area contributed by atoms with E-state index in [1.54, 1.807) is 12.1 Å². The molecule has 250 valence electrons. The van der Waals surface area contributed by atoms with Gasteiger partial charge in [0.2, 0.25) is 0 Å². The van der Waals surface area contributed by atoms with E-state index in [9.17, 15) is 13.2 Å². The number of benzene rings is 1. The summed E-state index contributed by atoms with van der Waals surface area (Å²) in [6.07, 6.45) is 24.5. The summed E-state index contributed by atoms with van der Waals surface area (Å²) < 4.78 is 40.7. The predicted molar refractivity (Wildman–Crippen MR) is 187 cm³/mol. The van der Waals surface area contributed by atoms with E-state index in [1.807, 2.05) is 19.1 Å². The van der Waals surface area contributed by atoms with Crippen molar-refractivity contribution < 1.29 is 21.9 Å². The Morgan fingerprint density at radius 2 is 1.07 bits per heavy atom. The molecule has 0 radical (unpaired) electrons. The van der Waals surface area contributed by atoms with Gasteiger partial charge in [0.15, 0.2) is 0 Å². The van der Waals surface area contributed by atoms with Gasteiger partial charge in [0.25, 0.3) is 0 Å². The molecule has 0 aliphatic carbocycles. The monoisotopic (exact) mass is 640 g/mol. The van der Waals surface area contributed by atoms with Gasteiger partial charge in [-0.15, -0.1) is 0 Å². The Balaban J connectivity index is 3.49. The molecule has 0 aliphatic heterocycles. The van der Waals surface area contributed by atoms with Crippen LogP contribution in [0.4, 0.5) is 0 Å². The first-order valence-corrected chi connectivity index (χ1v) is 21.8. The van der Waals surface area contributed by atoms with Gasteiger partial charge in [0.1, 0.15) is 0 Å². The molecular weight excluding hydrogens is 575 g/mol. The number of aryl methyl sites for hydroxylation is 1. The minimum atomic E-state index is -4.01. The average molecular weight is 641 g/mol. The summed E-state index contributed by atoms with van der Waals surface area (Å²) in [5.41, 5.74) is 1.01. The number of esters is 1. The summed E-state index contributed by atoms with van der Waals surface area (Å²) in [5, 5.41) is 0. The van der Waals surface area contributed by atoms with Crippen LogP contribution in [-0.4, -0.2) is 45.6 Å². The molecule has 0 unspecified atom stereocenters. The Morgan fingerprint density at radius 1 is 0.674 bits per heavy atom. The molecule has 0 atom stereocenters. The number of hydrogen-bond acceptors (Lipinski definition) is 5. The molecule has 0 N–H and O–H groups in total. The van der Waals surface area contributed by atoms with Gasteiger partial charge in [-0.3, -0.25) is 0 Å². The molecule has 0 heterocycles.